The smallest absolute Gasteiger partial charge is 0.416 e. The third-order valence-corrected chi connectivity index (χ3v) is 5.50. The van der Waals surface area contributed by atoms with Gasteiger partial charge in [-0.2, -0.15) is 13.2 Å². The van der Waals surface area contributed by atoms with Crippen LogP contribution in [0.5, 0.6) is 0 Å². The van der Waals surface area contributed by atoms with Crippen molar-refractivity contribution < 1.29 is 27.3 Å². The Morgan fingerprint density at radius 2 is 1.82 bits per heavy atom. The molecular weight excluding hydrogens is 453 g/mol. The van der Waals surface area contributed by atoms with Gasteiger partial charge in [-0.1, -0.05) is 0 Å². The van der Waals surface area contributed by atoms with Crippen LogP contribution in [0.15, 0.2) is 59.0 Å². The van der Waals surface area contributed by atoms with E-state index >= 15 is 0 Å². The third kappa shape index (κ3) is 5.30. The first kappa shape index (κ1) is 23.1. The van der Waals surface area contributed by atoms with Crippen molar-refractivity contribution in [2.75, 3.05) is 13.1 Å². The molecule has 2 heterocycles. The van der Waals surface area contributed by atoms with Crippen LogP contribution in [0.25, 0.3) is 17.5 Å². The molecule has 1 atom stereocenters. The summed E-state index contributed by atoms with van der Waals surface area (Å²) in [4.78, 5) is 24.5. The van der Waals surface area contributed by atoms with Gasteiger partial charge in [-0.15, -0.1) is 10.2 Å². The van der Waals surface area contributed by atoms with Crippen molar-refractivity contribution in [3.63, 3.8) is 0 Å². The molecule has 0 aliphatic carbocycles. The molecule has 0 spiro atoms. The fraction of sp³-hybridized carbons (Fsp3) is 0.261. The number of rotatable bonds is 5. The van der Waals surface area contributed by atoms with Gasteiger partial charge in [0.15, 0.2) is 0 Å². The number of alkyl halides is 3. The van der Waals surface area contributed by atoms with Crippen LogP contribution in [0, 0.1) is 10.1 Å². The summed E-state index contributed by atoms with van der Waals surface area (Å²) >= 11 is 0. The number of halogens is 3. The lowest BCUT2D eigenvalue weighted by molar-refractivity contribution is -0.384. The van der Waals surface area contributed by atoms with E-state index in [1.54, 1.807) is 23.1 Å². The van der Waals surface area contributed by atoms with E-state index in [1.165, 1.54) is 30.3 Å². The number of hydrogen-bond donors (Lipinski definition) is 0. The van der Waals surface area contributed by atoms with E-state index in [2.05, 4.69) is 10.2 Å². The molecule has 1 saturated heterocycles. The number of likely N-dealkylation sites (tertiary alicyclic amines) is 1. The largest absolute Gasteiger partial charge is 0.420 e. The fourth-order valence-corrected chi connectivity index (χ4v) is 3.68. The summed E-state index contributed by atoms with van der Waals surface area (Å²) < 4.78 is 44.0. The molecule has 0 N–H and O–H groups in total. The lowest BCUT2D eigenvalue weighted by Gasteiger charge is -2.30. The summed E-state index contributed by atoms with van der Waals surface area (Å²) in [6.07, 6.45) is 0.0177. The van der Waals surface area contributed by atoms with Gasteiger partial charge in [-0.05, 0) is 60.9 Å². The van der Waals surface area contributed by atoms with Crippen LogP contribution in [-0.4, -0.2) is 39.0 Å². The minimum atomic E-state index is -4.43. The first-order valence-corrected chi connectivity index (χ1v) is 10.4. The second-order valence-corrected chi connectivity index (χ2v) is 7.83. The van der Waals surface area contributed by atoms with Gasteiger partial charge >= 0.3 is 6.18 Å². The minimum Gasteiger partial charge on any atom is -0.420 e. The van der Waals surface area contributed by atoms with Crippen LogP contribution in [0.3, 0.4) is 0 Å². The van der Waals surface area contributed by atoms with Gasteiger partial charge in [0.2, 0.25) is 17.7 Å². The predicted octanol–water partition coefficient (Wildman–Crippen LogP) is 5.08. The van der Waals surface area contributed by atoms with E-state index in [1.807, 2.05) is 0 Å². The Hall–Kier alpha value is -4.02. The van der Waals surface area contributed by atoms with Crippen molar-refractivity contribution in [1.29, 1.82) is 0 Å². The molecule has 1 amide bonds. The Labute approximate surface area is 191 Å². The van der Waals surface area contributed by atoms with E-state index in [4.69, 9.17) is 4.42 Å². The van der Waals surface area contributed by atoms with Gasteiger partial charge < -0.3 is 9.32 Å². The zero-order chi connectivity index (χ0) is 24.3. The van der Waals surface area contributed by atoms with Crippen LogP contribution < -0.4 is 0 Å². The lowest BCUT2D eigenvalue weighted by atomic mass is 9.98. The number of benzene rings is 2. The number of carbonyl (C=O) groups is 1. The van der Waals surface area contributed by atoms with Crippen LogP contribution in [-0.2, 0) is 11.0 Å². The lowest BCUT2D eigenvalue weighted by Crippen LogP contribution is -2.38. The summed E-state index contributed by atoms with van der Waals surface area (Å²) in [5, 5.41) is 18.7. The molecule has 1 aliphatic heterocycles. The highest BCUT2D eigenvalue weighted by Gasteiger charge is 2.31. The molecule has 2 aromatic carbocycles. The second kappa shape index (κ2) is 9.46. The highest BCUT2D eigenvalue weighted by Crippen LogP contribution is 2.32. The standard InChI is InChI=1S/C23H19F3N4O4/c24-23(25,26)18-8-6-16(7-9-18)21-27-28-22(34-21)17-2-1-13-29(14-17)20(31)12-5-15-3-10-19(11-4-15)30(32)33/h3-12,17H,1-2,13-14H2/b12-5+. The molecule has 1 aromatic heterocycles. The molecule has 1 aliphatic rings. The van der Waals surface area contributed by atoms with Gasteiger partial charge in [-0.25, -0.2) is 0 Å². The number of non-ortho nitro benzene ring substituents is 1. The third-order valence-electron chi connectivity index (χ3n) is 5.50. The van der Waals surface area contributed by atoms with Gasteiger partial charge in [0, 0.05) is 36.9 Å². The summed E-state index contributed by atoms with van der Waals surface area (Å²) in [6, 6.07) is 10.3. The highest BCUT2D eigenvalue weighted by atomic mass is 19.4. The number of nitro benzene ring substituents is 1. The van der Waals surface area contributed by atoms with Gasteiger partial charge in [0.1, 0.15) is 0 Å². The Morgan fingerprint density at radius 3 is 2.47 bits per heavy atom. The van der Waals surface area contributed by atoms with Crippen LogP contribution in [0.2, 0.25) is 0 Å². The van der Waals surface area contributed by atoms with E-state index in [-0.39, 0.29) is 23.4 Å². The Balaban J connectivity index is 1.40. The molecule has 4 rings (SSSR count). The maximum atomic E-state index is 12.8. The zero-order valence-corrected chi connectivity index (χ0v) is 17.7. The molecule has 0 bridgehead atoms. The maximum absolute atomic E-state index is 12.8. The summed E-state index contributed by atoms with van der Waals surface area (Å²) in [6.45, 7) is 0.915. The van der Waals surface area contributed by atoms with Crippen molar-refractivity contribution in [2.24, 2.45) is 0 Å². The minimum absolute atomic E-state index is 0.0300. The Kier molecular flexibility index (Phi) is 6.44. The first-order valence-electron chi connectivity index (χ1n) is 10.4. The topological polar surface area (TPSA) is 102 Å². The van der Waals surface area contributed by atoms with Crippen LogP contribution in [0.4, 0.5) is 18.9 Å². The van der Waals surface area contributed by atoms with E-state index in [9.17, 15) is 28.1 Å². The van der Waals surface area contributed by atoms with Crippen molar-refractivity contribution in [2.45, 2.75) is 24.9 Å². The summed E-state index contributed by atoms with van der Waals surface area (Å²) in [5.41, 5.74) is 0.240. The number of nitro groups is 1. The number of aromatic nitrogens is 2. The van der Waals surface area contributed by atoms with E-state index in [0.29, 0.717) is 30.1 Å². The van der Waals surface area contributed by atoms with Crippen molar-refractivity contribution in [3.05, 3.63) is 81.7 Å². The highest BCUT2D eigenvalue weighted by molar-refractivity contribution is 5.91. The van der Waals surface area contributed by atoms with E-state index in [0.717, 1.165) is 25.0 Å². The molecule has 3 aromatic rings. The van der Waals surface area contributed by atoms with Crippen molar-refractivity contribution in [1.82, 2.24) is 15.1 Å². The number of nitrogens with zero attached hydrogens (tertiary/aromatic N) is 4. The number of hydrogen-bond acceptors (Lipinski definition) is 6. The van der Waals surface area contributed by atoms with Gasteiger partial charge in [0.25, 0.3) is 5.69 Å². The Bertz CT molecular complexity index is 1200. The normalized spacial score (nSPS) is 16.7. The van der Waals surface area contributed by atoms with Crippen molar-refractivity contribution in [3.8, 4) is 11.5 Å². The monoisotopic (exact) mass is 472 g/mol. The molecular formula is C23H19F3N4O4. The maximum Gasteiger partial charge on any atom is 0.416 e. The molecule has 1 unspecified atom stereocenters. The molecule has 8 nitrogen and oxygen atoms in total. The Morgan fingerprint density at radius 1 is 1.12 bits per heavy atom. The second-order valence-electron chi connectivity index (χ2n) is 7.83. The first-order chi connectivity index (χ1) is 16.2. The molecule has 0 radical (unpaired) electrons. The van der Waals surface area contributed by atoms with Crippen LogP contribution in [0.1, 0.15) is 35.8 Å². The average Bonchev–Trinajstić information content (AvgIpc) is 3.33. The number of piperidine rings is 1. The molecule has 0 saturated carbocycles. The van der Waals surface area contributed by atoms with Gasteiger partial charge in [0.05, 0.1) is 16.4 Å². The zero-order valence-electron chi connectivity index (χ0n) is 17.7. The van der Waals surface area contributed by atoms with Crippen LogP contribution >= 0.6 is 0 Å². The SMILES string of the molecule is O=C(/C=C/c1ccc([N+](=O)[O-])cc1)N1CCCC(c2nnc(-c3ccc(C(F)(F)F)cc3)o2)C1. The predicted molar refractivity (Wildman–Crippen MR) is 115 cm³/mol. The van der Waals surface area contributed by atoms with Gasteiger partial charge in [-0.3, -0.25) is 14.9 Å². The average molecular weight is 472 g/mol. The number of amides is 1. The summed E-state index contributed by atoms with van der Waals surface area (Å²) in [5.74, 6) is 0.0312. The van der Waals surface area contributed by atoms with E-state index < -0.39 is 16.7 Å². The number of carbonyl (C=O) groups excluding carboxylic acids is 1. The van der Waals surface area contributed by atoms with Crippen molar-refractivity contribution >= 4 is 17.7 Å². The molecule has 176 valence electrons. The summed E-state index contributed by atoms with van der Waals surface area (Å²) in [7, 11) is 0. The molecule has 34 heavy (non-hydrogen) atoms. The quantitative estimate of drug-likeness (QED) is 0.291. The molecule has 1 fully saturated rings. The fourth-order valence-electron chi connectivity index (χ4n) is 3.68. The molecule has 11 heteroatoms.